The molecule has 0 spiro atoms. The minimum Gasteiger partial charge on any atom is -0.475 e. The van der Waals surface area contributed by atoms with Crippen molar-refractivity contribution in [2.75, 3.05) is 13.1 Å². The minimum absolute atomic E-state index is 0.182. The molecule has 1 aliphatic heterocycles. The molecule has 1 aliphatic rings. The number of carboxylic acid groups (broad SMARTS) is 1. The predicted molar refractivity (Wildman–Crippen MR) is 105 cm³/mol. The fraction of sp³-hybridized carbons (Fsp3) is 0.381. The lowest BCUT2D eigenvalue weighted by atomic mass is 9.89. The summed E-state index contributed by atoms with van der Waals surface area (Å²) in [6, 6.07) is 12.3. The van der Waals surface area contributed by atoms with Crippen LogP contribution in [0.25, 0.3) is 0 Å². The lowest BCUT2D eigenvalue weighted by Gasteiger charge is -2.26. The first-order valence-corrected chi connectivity index (χ1v) is 10.2. The van der Waals surface area contributed by atoms with Crippen LogP contribution in [0.15, 0.2) is 52.3 Å². The number of carbonyl (C=O) groups is 1. The van der Waals surface area contributed by atoms with Crippen LogP contribution in [0, 0.1) is 6.92 Å². The van der Waals surface area contributed by atoms with E-state index in [9.17, 15) is 26.3 Å². The quantitative estimate of drug-likeness (QED) is 0.525. The molecule has 0 saturated carbocycles. The molecule has 0 aromatic heterocycles. The number of hydrogen-bond acceptors (Lipinski definition) is 3. The van der Waals surface area contributed by atoms with E-state index >= 15 is 0 Å². The molecule has 0 radical (unpaired) electrons. The van der Waals surface area contributed by atoms with Crippen LogP contribution in [0.4, 0.5) is 26.3 Å². The average molecular weight is 465 g/mol. The summed E-state index contributed by atoms with van der Waals surface area (Å²) in [6.45, 7) is 3.73. The molecular weight excluding hydrogens is 444 g/mol. The summed E-state index contributed by atoms with van der Waals surface area (Å²) in [5.74, 6) is -2.58. The van der Waals surface area contributed by atoms with Gasteiger partial charge in [-0.25, -0.2) is 4.79 Å². The molecule has 2 aromatic rings. The van der Waals surface area contributed by atoms with E-state index in [1.54, 1.807) is 17.8 Å². The maximum atomic E-state index is 13.1. The van der Waals surface area contributed by atoms with Gasteiger partial charge in [-0.05, 0) is 74.7 Å². The molecule has 0 unspecified atom stereocenters. The van der Waals surface area contributed by atoms with Gasteiger partial charge in [0.15, 0.2) is 0 Å². The number of carboxylic acids is 1. The molecule has 1 saturated heterocycles. The lowest BCUT2D eigenvalue weighted by molar-refractivity contribution is -0.192. The molecule has 0 amide bonds. The van der Waals surface area contributed by atoms with E-state index in [1.807, 2.05) is 31.2 Å². The van der Waals surface area contributed by atoms with Crippen LogP contribution in [-0.2, 0) is 11.0 Å². The van der Waals surface area contributed by atoms with Gasteiger partial charge in [-0.15, -0.1) is 0 Å². The first-order chi connectivity index (χ1) is 14.4. The molecule has 0 aliphatic carbocycles. The second-order valence-corrected chi connectivity index (χ2v) is 8.11. The summed E-state index contributed by atoms with van der Waals surface area (Å²) < 4.78 is 71.1. The Morgan fingerprint density at radius 3 is 2.03 bits per heavy atom. The molecule has 31 heavy (non-hydrogen) atoms. The van der Waals surface area contributed by atoms with Gasteiger partial charge < -0.3 is 10.4 Å². The first-order valence-electron chi connectivity index (χ1n) is 9.34. The molecule has 1 heterocycles. The van der Waals surface area contributed by atoms with Crippen molar-refractivity contribution in [1.82, 2.24) is 5.32 Å². The number of hydrogen-bond donors (Lipinski definition) is 2. The Hall–Kier alpha value is -2.20. The van der Waals surface area contributed by atoms with Crippen LogP contribution in [0.2, 0.25) is 0 Å². The Kier molecular flexibility index (Phi) is 8.41. The van der Waals surface area contributed by atoms with Crippen molar-refractivity contribution in [3.05, 3.63) is 59.2 Å². The highest BCUT2D eigenvalue weighted by Crippen LogP contribution is 2.40. The maximum Gasteiger partial charge on any atom is 0.490 e. The summed E-state index contributed by atoms with van der Waals surface area (Å²) in [5, 5.41) is 10.4. The molecule has 3 nitrogen and oxygen atoms in total. The third kappa shape index (κ3) is 7.77. The first kappa shape index (κ1) is 25.1. The monoisotopic (exact) mass is 465 g/mol. The summed E-state index contributed by atoms with van der Waals surface area (Å²) in [5.41, 5.74) is 1.45. The van der Waals surface area contributed by atoms with Gasteiger partial charge in [0.25, 0.3) is 0 Å². The highest BCUT2D eigenvalue weighted by molar-refractivity contribution is 7.99. The molecule has 1 fully saturated rings. The third-order valence-corrected chi connectivity index (χ3v) is 5.71. The highest BCUT2D eigenvalue weighted by Gasteiger charge is 2.38. The van der Waals surface area contributed by atoms with Gasteiger partial charge in [-0.3, -0.25) is 0 Å². The van der Waals surface area contributed by atoms with Gasteiger partial charge in [0.1, 0.15) is 0 Å². The topological polar surface area (TPSA) is 49.3 Å². The van der Waals surface area contributed by atoms with Gasteiger partial charge in [0.05, 0.1) is 5.56 Å². The maximum absolute atomic E-state index is 13.1. The van der Waals surface area contributed by atoms with Crippen LogP contribution in [-0.4, -0.2) is 30.3 Å². The molecule has 3 rings (SSSR count). The molecule has 170 valence electrons. The Bertz CT molecular complexity index is 875. The lowest BCUT2D eigenvalue weighted by Crippen LogP contribution is -2.27. The number of rotatable bonds is 3. The van der Waals surface area contributed by atoms with Crippen molar-refractivity contribution < 1.29 is 36.2 Å². The second kappa shape index (κ2) is 10.4. The second-order valence-electron chi connectivity index (χ2n) is 6.99. The normalized spacial score (nSPS) is 15.2. The summed E-state index contributed by atoms with van der Waals surface area (Å²) in [7, 11) is 0. The predicted octanol–water partition coefficient (Wildman–Crippen LogP) is 6.27. The third-order valence-electron chi connectivity index (χ3n) is 4.61. The van der Waals surface area contributed by atoms with Crippen molar-refractivity contribution in [2.24, 2.45) is 0 Å². The number of aliphatic carboxylic acids is 1. The zero-order chi connectivity index (χ0) is 23.2. The highest BCUT2D eigenvalue weighted by atomic mass is 32.2. The van der Waals surface area contributed by atoms with E-state index in [0.717, 1.165) is 41.3 Å². The fourth-order valence-corrected chi connectivity index (χ4v) is 4.01. The smallest absolute Gasteiger partial charge is 0.475 e. The van der Waals surface area contributed by atoms with Crippen molar-refractivity contribution >= 4 is 17.7 Å². The number of nitrogens with one attached hydrogen (secondary N) is 1. The van der Waals surface area contributed by atoms with Gasteiger partial charge in [0.2, 0.25) is 0 Å². The standard InChI is InChI=1S/C19H20F3NS.C2HF3O2/c1-13-2-5-16(6-3-13)24-18-7-4-15(19(20,21)22)12-17(18)14-8-10-23-11-9-14;3-2(4,5)1(6)7/h2-7,12,14,23H,8-11H2,1H3;(H,6,7). The van der Waals surface area contributed by atoms with Crippen molar-refractivity contribution in [3.63, 3.8) is 0 Å². The SMILES string of the molecule is Cc1ccc(Sc2ccc(C(F)(F)F)cc2C2CCNCC2)cc1.O=C(O)C(F)(F)F. The van der Waals surface area contributed by atoms with Gasteiger partial charge >= 0.3 is 18.3 Å². The Labute approximate surface area is 179 Å². The summed E-state index contributed by atoms with van der Waals surface area (Å²) in [4.78, 5) is 10.9. The van der Waals surface area contributed by atoms with E-state index in [4.69, 9.17) is 9.90 Å². The number of benzene rings is 2. The van der Waals surface area contributed by atoms with Crippen molar-refractivity contribution in [3.8, 4) is 0 Å². The van der Waals surface area contributed by atoms with E-state index < -0.39 is 23.9 Å². The van der Waals surface area contributed by atoms with Crippen molar-refractivity contribution in [2.45, 2.75) is 47.8 Å². The Balaban J connectivity index is 0.000000423. The Morgan fingerprint density at radius 2 is 1.55 bits per heavy atom. The van der Waals surface area contributed by atoms with Gasteiger partial charge in [-0.1, -0.05) is 29.5 Å². The number of piperidine rings is 1. The number of aryl methyl sites for hydroxylation is 1. The fourth-order valence-electron chi connectivity index (χ4n) is 3.00. The molecule has 10 heteroatoms. The van der Waals surface area contributed by atoms with Crippen LogP contribution >= 0.6 is 11.8 Å². The average Bonchev–Trinajstić information content (AvgIpc) is 2.69. The summed E-state index contributed by atoms with van der Waals surface area (Å²) in [6.07, 6.45) is -7.62. The molecule has 0 atom stereocenters. The largest absolute Gasteiger partial charge is 0.490 e. The zero-order valence-corrected chi connectivity index (χ0v) is 17.3. The minimum atomic E-state index is -5.08. The van der Waals surface area contributed by atoms with E-state index in [1.165, 1.54) is 17.7 Å². The van der Waals surface area contributed by atoms with Crippen LogP contribution in [0.1, 0.15) is 35.4 Å². The zero-order valence-electron chi connectivity index (χ0n) is 16.5. The van der Waals surface area contributed by atoms with Crippen LogP contribution < -0.4 is 5.32 Å². The molecule has 2 aromatic carbocycles. The van der Waals surface area contributed by atoms with Gasteiger partial charge in [0, 0.05) is 9.79 Å². The van der Waals surface area contributed by atoms with E-state index in [-0.39, 0.29) is 5.92 Å². The molecular formula is C21H21F6NO2S. The van der Waals surface area contributed by atoms with Crippen LogP contribution in [0.3, 0.4) is 0 Å². The van der Waals surface area contributed by atoms with Crippen LogP contribution in [0.5, 0.6) is 0 Å². The van der Waals surface area contributed by atoms with E-state index in [2.05, 4.69) is 5.32 Å². The molecule has 2 N–H and O–H groups in total. The van der Waals surface area contributed by atoms with E-state index in [0.29, 0.717) is 0 Å². The number of halogens is 6. The van der Waals surface area contributed by atoms with Crippen molar-refractivity contribution in [1.29, 1.82) is 0 Å². The Morgan fingerprint density at radius 1 is 1.00 bits per heavy atom. The number of alkyl halides is 6. The molecule has 0 bridgehead atoms. The van der Waals surface area contributed by atoms with Gasteiger partial charge in [-0.2, -0.15) is 26.3 Å². The summed E-state index contributed by atoms with van der Waals surface area (Å²) >= 11 is 1.55.